The number of nitrogens with two attached hydrogens (primary N) is 1. The summed E-state index contributed by atoms with van der Waals surface area (Å²) in [5, 5.41) is 0. The molecule has 104 valence electrons. The van der Waals surface area contributed by atoms with Crippen LogP contribution in [0.25, 0.3) is 0 Å². The van der Waals surface area contributed by atoms with Crippen LogP contribution in [0.15, 0.2) is 0 Å². The van der Waals surface area contributed by atoms with Gasteiger partial charge in [-0.25, -0.2) is 0 Å². The third-order valence-corrected chi connectivity index (χ3v) is 3.49. The van der Waals surface area contributed by atoms with Gasteiger partial charge in [0.1, 0.15) is 0 Å². The molecular formula is C13H25N3O2. The first-order chi connectivity index (χ1) is 8.30. The van der Waals surface area contributed by atoms with Gasteiger partial charge in [-0.3, -0.25) is 9.59 Å². The molecule has 0 saturated heterocycles. The Morgan fingerprint density at radius 3 is 2.28 bits per heavy atom. The molecule has 1 aliphatic carbocycles. The molecule has 18 heavy (non-hydrogen) atoms. The monoisotopic (exact) mass is 255 g/mol. The highest BCUT2D eigenvalue weighted by Gasteiger charge is 2.46. The quantitative estimate of drug-likeness (QED) is 0.749. The molecule has 0 aromatic rings. The Balaban J connectivity index is 2.71. The molecule has 0 aliphatic heterocycles. The van der Waals surface area contributed by atoms with Crippen LogP contribution in [-0.2, 0) is 9.59 Å². The predicted molar refractivity (Wildman–Crippen MR) is 70.9 cm³/mol. The second-order valence-corrected chi connectivity index (χ2v) is 5.57. The van der Waals surface area contributed by atoms with E-state index in [-0.39, 0.29) is 24.3 Å². The third-order valence-electron chi connectivity index (χ3n) is 3.49. The van der Waals surface area contributed by atoms with E-state index >= 15 is 0 Å². The predicted octanol–water partition coefficient (Wildman–Crippen LogP) is 0.441. The van der Waals surface area contributed by atoms with Crippen molar-refractivity contribution in [2.24, 2.45) is 11.7 Å². The highest BCUT2D eigenvalue weighted by atomic mass is 16.2. The van der Waals surface area contributed by atoms with Crippen LogP contribution >= 0.6 is 0 Å². The SMILES string of the molecule is CCCN(CC(=O)N(C)C)C(=O)C(C)(N)C1CC1. The number of carbonyl (C=O) groups excluding carboxylic acids is 2. The van der Waals surface area contributed by atoms with Crippen molar-refractivity contribution in [3.63, 3.8) is 0 Å². The van der Waals surface area contributed by atoms with E-state index in [4.69, 9.17) is 5.73 Å². The average molecular weight is 255 g/mol. The maximum Gasteiger partial charge on any atom is 0.243 e. The van der Waals surface area contributed by atoms with Crippen molar-refractivity contribution in [2.75, 3.05) is 27.2 Å². The van der Waals surface area contributed by atoms with Gasteiger partial charge in [-0.2, -0.15) is 0 Å². The van der Waals surface area contributed by atoms with Crippen molar-refractivity contribution < 1.29 is 9.59 Å². The number of nitrogens with zero attached hydrogens (tertiary/aromatic N) is 2. The second-order valence-electron chi connectivity index (χ2n) is 5.57. The Bertz CT molecular complexity index is 322. The first-order valence-electron chi connectivity index (χ1n) is 6.59. The van der Waals surface area contributed by atoms with Gasteiger partial charge >= 0.3 is 0 Å². The van der Waals surface area contributed by atoms with E-state index in [0.29, 0.717) is 6.54 Å². The second kappa shape index (κ2) is 5.69. The van der Waals surface area contributed by atoms with Crippen LogP contribution in [0.3, 0.4) is 0 Å². The fraction of sp³-hybridized carbons (Fsp3) is 0.846. The van der Waals surface area contributed by atoms with Crippen molar-refractivity contribution in [2.45, 2.75) is 38.6 Å². The minimum atomic E-state index is -0.818. The Hall–Kier alpha value is -1.10. The summed E-state index contributed by atoms with van der Waals surface area (Å²) in [6, 6.07) is 0. The van der Waals surface area contributed by atoms with Gasteiger partial charge in [0.2, 0.25) is 11.8 Å². The van der Waals surface area contributed by atoms with E-state index in [1.807, 2.05) is 6.92 Å². The van der Waals surface area contributed by atoms with Crippen molar-refractivity contribution in [1.82, 2.24) is 9.80 Å². The average Bonchev–Trinajstić information content (AvgIpc) is 3.11. The van der Waals surface area contributed by atoms with Gasteiger partial charge in [0, 0.05) is 20.6 Å². The molecule has 1 atom stereocenters. The molecular weight excluding hydrogens is 230 g/mol. The van der Waals surface area contributed by atoms with Crippen molar-refractivity contribution in [3.8, 4) is 0 Å². The van der Waals surface area contributed by atoms with Crippen LogP contribution in [0.5, 0.6) is 0 Å². The van der Waals surface area contributed by atoms with Gasteiger partial charge in [-0.15, -0.1) is 0 Å². The van der Waals surface area contributed by atoms with Crippen molar-refractivity contribution in [1.29, 1.82) is 0 Å². The number of carbonyl (C=O) groups is 2. The Morgan fingerprint density at radius 1 is 1.33 bits per heavy atom. The molecule has 5 heteroatoms. The summed E-state index contributed by atoms with van der Waals surface area (Å²) < 4.78 is 0. The fourth-order valence-electron chi connectivity index (χ4n) is 2.03. The molecule has 0 aromatic heterocycles. The van der Waals surface area contributed by atoms with Crippen LogP contribution in [0.4, 0.5) is 0 Å². The van der Waals surface area contributed by atoms with Gasteiger partial charge in [0.25, 0.3) is 0 Å². The maximum atomic E-state index is 12.4. The van der Waals surface area contributed by atoms with E-state index in [1.165, 1.54) is 4.90 Å². The summed E-state index contributed by atoms with van der Waals surface area (Å²) in [4.78, 5) is 27.3. The van der Waals surface area contributed by atoms with Gasteiger partial charge in [0.05, 0.1) is 12.1 Å². The lowest BCUT2D eigenvalue weighted by Gasteiger charge is -2.32. The van der Waals surface area contributed by atoms with Gasteiger partial charge < -0.3 is 15.5 Å². The summed E-state index contributed by atoms with van der Waals surface area (Å²) >= 11 is 0. The van der Waals surface area contributed by atoms with E-state index in [0.717, 1.165) is 19.3 Å². The molecule has 1 aliphatic rings. The molecule has 1 rings (SSSR count). The minimum Gasteiger partial charge on any atom is -0.347 e. The highest BCUT2D eigenvalue weighted by Crippen LogP contribution is 2.38. The summed E-state index contributed by atoms with van der Waals surface area (Å²) in [7, 11) is 3.39. The lowest BCUT2D eigenvalue weighted by atomic mass is 9.95. The number of amides is 2. The zero-order valence-corrected chi connectivity index (χ0v) is 11.9. The standard InChI is InChI=1S/C13H25N3O2/c1-5-8-16(9-11(17)15(3)4)12(18)13(2,14)10-6-7-10/h10H,5-9,14H2,1-4H3. The lowest BCUT2D eigenvalue weighted by Crippen LogP contribution is -2.56. The van der Waals surface area contributed by atoms with Crippen LogP contribution in [0.2, 0.25) is 0 Å². The molecule has 1 saturated carbocycles. The van der Waals surface area contributed by atoms with Crippen LogP contribution in [-0.4, -0.2) is 54.3 Å². The molecule has 5 nitrogen and oxygen atoms in total. The van der Waals surface area contributed by atoms with Gasteiger partial charge in [-0.1, -0.05) is 6.92 Å². The molecule has 0 heterocycles. The normalized spacial score (nSPS) is 18.1. The van der Waals surface area contributed by atoms with Crippen molar-refractivity contribution >= 4 is 11.8 Å². The minimum absolute atomic E-state index is 0.0663. The molecule has 1 unspecified atom stereocenters. The molecule has 0 aromatic carbocycles. The largest absolute Gasteiger partial charge is 0.347 e. The van der Waals surface area contributed by atoms with Crippen molar-refractivity contribution in [3.05, 3.63) is 0 Å². The Kier molecular flexibility index (Phi) is 4.73. The van der Waals surface area contributed by atoms with Gasteiger partial charge in [0.15, 0.2) is 0 Å². The summed E-state index contributed by atoms with van der Waals surface area (Å²) in [6.07, 6.45) is 2.86. The summed E-state index contributed by atoms with van der Waals surface area (Å²) in [6.45, 7) is 4.48. The fourth-order valence-corrected chi connectivity index (χ4v) is 2.03. The zero-order chi connectivity index (χ0) is 13.9. The highest BCUT2D eigenvalue weighted by molar-refractivity contribution is 5.90. The van der Waals surface area contributed by atoms with E-state index < -0.39 is 5.54 Å². The molecule has 0 bridgehead atoms. The van der Waals surface area contributed by atoms with Crippen LogP contribution in [0, 0.1) is 5.92 Å². The van der Waals surface area contributed by atoms with Gasteiger partial charge in [-0.05, 0) is 32.1 Å². The number of rotatable bonds is 6. The number of likely N-dealkylation sites (N-methyl/N-ethyl adjacent to an activating group) is 1. The summed E-state index contributed by atoms with van der Waals surface area (Å²) in [5.74, 6) is 0.115. The van der Waals surface area contributed by atoms with E-state index in [2.05, 4.69) is 0 Å². The topological polar surface area (TPSA) is 66.6 Å². The molecule has 0 spiro atoms. The summed E-state index contributed by atoms with van der Waals surface area (Å²) in [5.41, 5.74) is 5.31. The molecule has 2 amide bonds. The number of hydrogen-bond donors (Lipinski definition) is 1. The maximum absolute atomic E-state index is 12.4. The lowest BCUT2D eigenvalue weighted by molar-refractivity contribution is -0.143. The van der Waals surface area contributed by atoms with Crippen LogP contribution < -0.4 is 5.73 Å². The smallest absolute Gasteiger partial charge is 0.243 e. The molecule has 2 N–H and O–H groups in total. The Labute approximate surface area is 109 Å². The first kappa shape index (κ1) is 15.0. The van der Waals surface area contributed by atoms with E-state index in [1.54, 1.807) is 25.9 Å². The molecule has 1 fully saturated rings. The third kappa shape index (κ3) is 3.45. The Morgan fingerprint density at radius 2 is 1.89 bits per heavy atom. The molecule has 0 radical (unpaired) electrons. The number of hydrogen-bond acceptors (Lipinski definition) is 3. The zero-order valence-electron chi connectivity index (χ0n) is 11.9. The van der Waals surface area contributed by atoms with Crippen LogP contribution in [0.1, 0.15) is 33.1 Å². The van der Waals surface area contributed by atoms with E-state index in [9.17, 15) is 9.59 Å². The first-order valence-corrected chi connectivity index (χ1v) is 6.59.